The van der Waals surface area contributed by atoms with Gasteiger partial charge in [-0.1, -0.05) is 12.1 Å². The lowest BCUT2D eigenvalue weighted by molar-refractivity contribution is -0.188. The number of para-hydroxylation sites is 2. The van der Waals surface area contributed by atoms with Crippen LogP contribution >= 0.6 is 0 Å². The highest BCUT2D eigenvalue weighted by Gasteiger charge is 2.31. The molecule has 8 heteroatoms. The molecule has 0 saturated heterocycles. The molecule has 0 radical (unpaired) electrons. The minimum absolute atomic E-state index is 0.216. The van der Waals surface area contributed by atoms with Crippen molar-refractivity contribution in [1.82, 2.24) is 5.32 Å². The SMILES string of the molecule is COc1ccccc1NC(=O)NC1CCCC(OCC(F)(F)F)C1. The predicted octanol–water partition coefficient (Wildman–Crippen LogP) is 3.71. The Balaban J connectivity index is 1.83. The number of alkyl halides is 3. The van der Waals surface area contributed by atoms with Gasteiger partial charge in [-0.05, 0) is 37.8 Å². The quantitative estimate of drug-likeness (QED) is 0.854. The van der Waals surface area contributed by atoms with Crippen molar-refractivity contribution in [1.29, 1.82) is 0 Å². The smallest absolute Gasteiger partial charge is 0.411 e. The molecule has 5 nitrogen and oxygen atoms in total. The average molecular weight is 346 g/mol. The predicted molar refractivity (Wildman–Crippen MR) is 83.2 cm³/mol. The van der Waals surface area contributed by atoms with Crippen molar-refractivity contribution in [3.8, 4) is 5.75 Å². The summed E-state index contributed by atoms with van der Waals surface area (Å²) in [5, 5.41) is 5.46. The number of benzene rings is 1. The molecule has 1 fully saturated rings. The molecule has 0 aliphatic heterocycles. The van der Waals surface area contributed by atoms with Crippen LogP contribution in [0.3, 0.4) is 0 Å². The number of carbonyl (C=O) groups is 1. The van der Waals surface area contributed by atoms with Crippen molar-refractivity contribution < 1.29 is 27.4 Å². The molecule has 134 valence electrons. The first-order chi connectivity index (χ1) is 11.4. The topological polar surface area (TPSA) is 59.6 Å². The van der Waals surface area contributed by atoms with Gasteiger partial charge < -0.3 is 20.1 Å². The van der Waals surface area contributed by atoms with Crippen molar-refractivity contribution in [2.45, 2.75) is 44.0 Å². The number of ether oxygens (including phenoxy) is 2. The van der Waals surface area contributed by atoms with E-state index < -0.39 is 24.9 Å². The first kappa shape index (κ1) is 18.4. The Labute approximate surface area is 138 Å². The van der Waals surface area contributed by atoms with E-state index in [0.717, 1.165) is 0 Å². The Morgan fingerprint density at radius 3 is 2.75 bits per heavy atom. The molecule has 2 N–H and O–H groups in total. The Hall–Kier alpha value is -1.96. The van der Waals surface area contributed by atoms with E-state index in [1.165, 1.54) is 7.11 Å². The van der Waals surface area contributed by atoms with Crippen LogP contribution in [0.25, 0.3) is 0 Å². The van der Waals surface area contributed by atoms with Crippen LogP contribution in [-0.4, -0.2) is 38.1 Å². The fourth-order valence-corrected chi connectivity index (χ4v) is 2.73. The summed E-state index contributed by atoms with van der Waals surface area (Å²) in [5.41, 5.74) is 0.526. The fourth-order valence-electron chi connectivity index (χ4n) is 2.73. The van der Waals surface area contributed by atoms with Gasteiger partial charge >= 0.3 is 12.2 Å². The van der Waals surface area contributed by atoms with Gasteiger partial charge in [0.1, 0.15) is 12.4 Å². The number of halogens is 3. The lowest BCUT2D eigenvalue weighted by Gasteiger charge is -2.30. The van der Waals surface area contributed by atoms with E-state index in [9.17, 15) is 18.0 Å². The molecule has 1 aliphatic rings. The van der Waals surface area contributed by atoms with Crippen LogP contribution in [0, 0.1) is 0 Å². The summed E-state index contributed by atoms with van der Waals surface area (Å²) < 4.78 is 46.7. The zero-order valence-corrected chi connectivity index (χ0v) is 13.4. The minimum Gasteiger partial charge on any atom is -0.495 e. The second-order valence-electron chi connectivity index (χ2n) is 5.71. The number of hydrogen-bond acceptors (Lipinski definition) is 3. The summed E-state index contributed by atoms with van der Waals surface area (Å²) in [5.74, 6) is 0.530. The summed E-state index contributed by atoms with van der Waals surface area (Å²) in [6.07, 6.45) is -2.45. The third-order valence-electron chi connectivity index (χ3n) is 3.80. The Bertz CT molecular complexity index is 552. The summed E-state index contributed by atoms with van der Waals surface area (Å²) in [6.45, 7) is -1.25. The van der Waals surface area contributed by atoms with Crippen LogP contribution in [-0.2, 0) is 4.74 Å². The van der Waals surface area contributed by atoms with Crippen LogP contribution in [0.15, 0.2) is 24.3 Å². The van der Waals surface area contributed by atoms with Gasteiger partial charge in [-0.25, -0.2) is 4.79 Å². The standard InChI is InChI=1S/C16H21F3N2O3/c1-23-14-8-3-2-7-13(14)21-15(22)20-11-5-4-6-12(9-11)24-10-16(17,18)19/h2-3,7-8,11-12H,4-6,9-10H2,1H3,(H2,20,21,22). The maximum atomic E-state index is 12.2. The minimum atomic E-state index is -4.33. The summed E-state index contributed by atoms with van der Waals surface area (Å²) >= 11 is 0. The number of nitrogens with one attached hydrogen (secondary N) is 2. The molecule has 0 aromatic heterocycles. The molecular formula is C16H21F3N2O3. The number of rotatable bonds is 5. The molecule has 1 aromatic carbocycles. The van der Waals surface area contributed by atoms with Crippen LogP contribution in [0.2, 0.25) is 0 Å². The highest BCUT2D eigenvalue weighted by molar-refractivity contribution is 5.91. The number of methoxy groups -OCH3 is 1. The lowest BCUT2D eigenvalue weighted by Crippen LogP contribution is -2.43. The van der Waals surface area contributed by atoms with Crippen molar-refractivity contribution >= 4 is 11.7 Å². The molecule has 0 spiro atoms. The van der Waals surface area contributed by atoms with Gasteiger partial charge in [0.2, 0.25) is 0 Å². The van der Waals surface area contributed by atoms with Gasteiger partial charge in [0.25, 0.3) is 0 Å². The largest absolute Gasteiger partial charge is 0.495 e. The molecule has 1 aromatic rings. The van der Waals surface area contributed by atoms with E-state index in [2.05, 4.69) is 10.6 Å². The average Bonchev–Trinajstić information content (AvgIpc) is 2.53. The van der Waals surface area contributed by atoms with Gasteiger partial charge in [0, 0.05) is 6.04 Å². The van der Waals surface area contributed by atoms with Gasteiger partial charge in [0.05, 0.1) is 18.9 Å². The monoisotopic (exact) mass is 346 g/mol. The third kappa shape index (κ3) is 5.92. The Kier molecular flexibility index (Phi) is 6.30. The second kappa shape index (κ2) is 8.23. The van der Waals surface area contributed by atoms with Crippen molar-refractivity contribution in [3.05, 3.63) is 24.3 Å². The molecule has 0 heterocycles. The highest BCUT2D eigenvalue weighted by atomic mass is 19.4. The number of anilines is 1. The number of urea groups is 1. The number of amides is 2. The normalized spacial score (nSPS) is 21.2. The van der Waals surface area contributed by atoms with E-state index >= 15 is 0 Å². The molecule has 1 aliphatic carbocycles. The molecule has 24 heavy (non-hydrogen) atoms. The molecule has 2 unspecified atom stereocenters. The number of carbonyl (C=O) groups excluding carboxylic acids is 1. The number of hydrogen-bond donors (Lipinski definition) is 2. The Morgan fingerprint density at radius 2 is 2.04 bits per heavy atom. The molecule has 2 amide bonds. The second-order valence-corrected chi connectivity index (χ2v) is 5.71. The summed E-state index contributed by atoms with van der Waals surface area (Å²) in [7, 11) is 1.50. The molecule has 1 saturated carbocycles. The highest BCUT2D eigenvalue weighted by Crippen LogP contribution is 2.25. The van der Waals surface area contributed by atoms with E-state index in [0.29, 0.717) is 37.1 Å². The van der Waals surface area contributed by atoms with E-state index in [4.69, 9.17) is 9.47 Å². The third-order valence-corrected chi connectivity index (χ3v) is 3.80. The molecule has 2 atom stereocenters. The van der Waals surface area contributed by atoms with E-state index in [1.807, 2.05) is 0 Å². The van der Waals surface area contributed by atoms with Gasteiger partial charge in [-0.3, -0.25) is 0 Å². The molecular weight excluding hydrogens is 325 g/mol. The Morgan fingerprint density at radius 1 is 1.29 bits per heavy atom. The van der Waals surface area contributed by atoms with Crippen molar-refractivity contribution in [2.75, 3.05) is 19.0 Å². The zero-order valence-electron chi connectivity index (χ0n) is 13.4. The van der Waals surface area contributed by atoms with Crippen LogP contribution < -0.4 is 15.4 Å². The maximum Gasteiger partial charge on any atom is 0.411 e. The van der Waals surface area contributed by atoms with Crippen molar-refractivity contribution in [2.24, 2.45) is 0 Å². The van der Waals surface area contributed by atoms with Crippen LogP contribution in [0.1, 0.15) is 25.7 Å². The maximum absolute atomic E-state index is 12.2. The van der Waals surface area contributed by atoms with Crippen LogP contribution in [0.4, 0.5) is 23.7 Å². The first-order valence-corrected chi connectivity index (χ1v) is 7.76. The van der Waals surface area contributed by atoms with Crippen molar-refractivity contribution in [3.63, 3.8) is 0 Å². The van der Waals surface area contributed by atoms with E-state index in [1.54, 1.807) is 24.3 Å². The van der Waals surface area contributed by atoms with Gasteiger partial charge in [-0.15, -0.1) is 0 Å². The fraction of sp³-hybridized carbons (Fsp3) is 0.562. The van der Waals surface area contributed by atoms with Crippen LogP contribution in [0.5, 0.6) is 5.75 Å². The first-order valence-electron chi connectivity index (χ1n) is 7.76. The lowest BCUT2D eigenvalue weighted by atomic mass is 9.93. The molecule has 2 rings (SSSR count). The van der Waals surface area contributed by atoms with Gasteiger partial charge in [-0.2, -0.15) is 13.2 Å². The van der Waals surface area contributed by atoms with Gasteiger partial charge in [0.15, 0.2) is 0 Å². The molecule has 0 bridgehead atoms. The summed E-state index contributed by atoms with van der Waals surface area (Å²) in [6, 6.07) is 6.34. The zero-order chi connectivity index (χ0) is 17.6. The summed E-state index contributed by atoms with van der Waals surface area (Å²) in [4.78, 5) is 12.1. The van der Waals surface area contributed by atoms with E-state index in [-0.39, 0.29) is 6.04 Å².